The molecule has 0 N–H and O–H groups in total. The highest BCUT2D eigenvalue weighted by Crippen LogP contribution is 1.99. The fraction of sp³-hybridized carbons (Fsp3) is 0.500. The Morgan fingerprint density at radius 2 is 1.31 bits per heavy atom. The van der Waals surface area contributed by atoms with Crippen LogP contribution in [0.2, 0.25) is 0 Å². The van der Waals surface area contributed by atoms with Crippen LogP contribution in [0.5, 0.6) is 0 Å². The topological polar surface area (TPSA) is 34.1 Å². The van der Waals surface area contributed by atoms with E-state index in [9.17, 15) is 8.42 Å². The number of rotatable bonds is 6. The Balaban J connectivity index is 4.09. The van der Waals surface area contributed by atoms with Gasteiger partial charge in [-0.2, -0.15) is 0 Å². The van der Waals surface area contributed by atoms with Gasteiger partial charge < -0.3 is 0 Å². The molecule has 5 heteroatoms. The monoisotopic (exact) mass is 242 g/mol. The minimum atomic E-state index is -3.20. The molecule has 0 atom stereocenters. The first-order chi connectivity index (χ1) is 6.12. The minimum Gasteiger partial charge on any atom is -0.220 e. The molecule has 0 aromatic heterocycles. The van der Waals surface area contributed by atoms with Gasteiger partial charge in [-0.05, 0) is 12.8 Å². The molecule has 0 unspecified atom stereocenters. The molecule has 0 bridgehead atoms. The molecule has 76 valence electrons. The Morgan fingerprint density at radius 3 is 1.62 bits per heavy atom. The van der Waals surface area contributed by atoms with Crippen molar-refractivity contribution in [3.63, 3.8) is 0 Å². The van der Waals surface area contributed by atoms with Crippen LogP contribution in [-0.2, 0) is 9.84 Å². The highest BCUT2D eigenvalue weighted by Gasteiger charge is 1.96. The van der Waals surface area contributed by atoms with Gasteiger partial charge in [0, 0.05) is 22.6 Å². The summed E-state index contributed by atoms with van der Waals surface area (Å²) in [4.78, 5) is 0. The Bertz CT molecular complexity index is 246. The lowest BCUT2D eigenvalue weighted by Crippen LogP contribution is -1.88. The quantitative estimate of drug-likeness (QED) is 0.672. The van der Waals surface area contributed by atoms with Crippen LogP contribution in [0, 0.1) is 0 Å². The highest BCUT2D eigenvalue weighted by molar-refractivity contribution is 7.97. The van der Waals surface area contributed by atoms with Crippen molar-refractivity contribution >= 4 is 33.0 Å². The van der Waals surface area contributed by atoms with Gasteiger partial charge in [0.1, 0.15) is 0 Å². The lowest BCUT2D eigenvalue weighted by atomic mass is 10.5. The van der Waals surface area contributed by atoms with Crippen LogP contribution in [0.1, 0.15) is 12.8 Å². The molecule has 0 amide bonds. The third kappa shape index (κ3) is 8.34. The average Bonchev–Trinajstić information content (AvgIpc) is 2.05. The zero-order chi connectivity index (χ0) is 10.2. The predicted octanol–water partition coefficient (Wildman–Crippen LogP) is 2.69. The molecule has 0 spiro atoms. The number of alkyl halides is 2. The summed E-state index contributed by atoms with van der Waals surface area (Å²) < 4.78 is 22.2. The molecule has 0 rings (SSSR count). The van der Waals surface area contributed by atoms with Crippen molar-refractivity contribution in [2.45, 2.75) is 12.8 Å². The second-order valence-electron chi connectivity index (χ2n) is 2.29. The smallest absolute Gasteiger partial charge is 0.192 e. The maximum absolute atomic E-state index is 11.1. The van der Waals surface area contributed by atoms with Gasteiger partial charge >= 0.3 is 0 Å². The van der Waals surface area contributed by atoms with E-state index in [0.717, 1.165) is 10.8 Å². The highest BCUT2D eigenvalue weighted by atomic mass is 35.5. The van der Waals surface area contributed by atoms with Gasteiger partial charge in [0.05, 0.1) is 0 Å². The van der Waals surface area contributed by atoms with Gasteiger partial charge in [0.2, 0.25) is 0 Å². The fourth-order valence-corrected chi connectivity index (χ4v) is 1.73. The van der Waals surface area contributed by atoms with E-state index >= 15 is 0 Å². The zero-order valence-electron chi connectivity index (χ0n) is 7.12. The van der Waals surface area contributed by atoms with Crippen molar-refractivity contribution in [2.75, 3.05) is 11.8 Å². The fourth-order valence-electron chi connectivity index (χ4n) is 0.576. The third-order valence-electron chi connectivity index (χ3n) is 1.12. The standard InChI is InChI=1S/C8H12Cl2O2S/c9-5-1-3-7-13(11,12)8-4-2-6-10/h3-4,7-8H,1-2,5-6H2. The summed E-state index contributed by atoms with van der Waals surface area (Å²) in [5, 5.41) is 2.31. The number of hydrogen-bond donors (Lipinski definition) is 0. The Hall–Kier alpha value is 0.01000. The number of sulfone groups is 1. The first-order valence-electron chi connectivity index (χ1n) is 3.82. The van der Waals surface area contributed by atoms with E-state index in [1.807, 2.05) is 0 Å². The molecule has 0 fully saturated rings. The molecule has 0 aliphatic carbocycles. The van der Waals surface area contributed by atoms with Gasteiger partial charge in [-0.3, -0.25) is 0 Å². The van der Waals surface area contributed by atoms with Crippen LogP contribution in [0.15, 0.2) is 23.0 Å². The molecule has 0 heterocycles. The molecule has 0 saturated heterocycles. The van der Waals surface area contributed by atoms with Crippen LogP contribution < -0.4 is 0 Å². The summed E-state index contributed by atoms with van der Waals surface area (Å²) in [6, 6.07) is 0. The van der Waals surface area contributed by atoms with Crippen molar-refractivity contribution in [2.24, 2.45) is 0 Å². The maximum atomic E-state index is 11.1. The molecule has 0 saturated carbocycles. The Morgan fingerprint density at radius 1 is 0.923 bits per heavy atom. The molecule has 0 aromatic rings. The normalized spacial score (nSPS) is 13.1. The van der Waals surface area contributed by atoms with Crippen LogP contribution in [-0.4, -0.2) is 20.2 Å². The Kier molecular flexibility index (Phi) is 7.42. The van der Waals surface area contributed by atoms with Crippen molar-refractivity contribution in [1.29, 1.82) is 0 Å². The minimum absolute atomic E-state index is 0.428. The zero-order valence-corrected chi connectivity index (χ0v) is 9.45. The van der Waals surface area contributed by atoms with E-state index in [-0.39, 0.29) is 0 Å². The van der Waals surface area contributed by atoms with E-state index < -0.39 is 9.84 Å². The predicted molar refractivity (Wildman–Crippen MR) is 57.9 cm³/mol. The second-order valence-corrected chi connectivity index (χ2v) is 4.77. The Labute approximate surface area is 89.1 Å². The molecule has 0 aromatic carbocycles. The van der Waals surface area contributed by atoms with Crippen LogP contribution >= 0.6 is 23.2 Å². The molecule has 2 nitrogen and oxygen atoms in total. The van der Waals surface area contributed by atoms with E-state index in [1.54, 1.807) is 0 Å². The van der Waals surface area contributed by atoms with Gasteiger partial charge in [0.15, 0.2) is 9.84 Å². The summed E-state index contributed by atoms with van der Waals surface area (Å²) in [5.74, 6) is 0.856. The number of halogens is 2. The molecule has 0 aliphatic heterocycles. The van der Waals surface area contributed by atoms with E-state index in [1.165, 1.54) is 12.2 Å². The van der Waals surface area contributed by atoms with Crippen LogP contribution in [0.25, 0.3) is 0 Å². The summed E-state index contributed by atoms with van der Waals surface area (Å²) in [7, 11) is -3.20. The average molecular weight is 243 g/mol. The number of allylic oxidation sites excluding steroid dienone is 2. The van der Waals surface area contributed by atoms with Crippen molar-refractivity contribution in [3.05, 3.63) is 23.0 Å². The molecule has 0 radical (unpaired) electrons. The van der Waals surface area contributed by atoms with E-state index in [0.29, 0.717) is 24.6 Å². The summed E-state index contributed by atoms with van der Waals surface area (Å²) in [5.41, 5.74) is 0. The lowest BCUT2D eigenvalue weighted by Gasteiger charge is -1.88. The molecular weight excluding hydrogens is 231 g/mol. The van der Waals surface area contributed by atoms with Gasteiger partial charge in [-0.1, -0.05) is 12.2 Å². The van der Waals surface area contributed by atoms with Crippen LogP contribution in [0.4, 0.5) is 0 Å². The van der Waals surface area contributed by atoms with Gasteiger partial charge in [0.25, 0.3) is 0 Å². The van der Waals surface area contributed by atoms with Crippen molar-refractivity contribution in [1.82, 2.24) is 0 Å². The van der Waals surface area contributed by atoms with Gasteiger partial charge in [-0.25, -0.2) is 8.42 Å². The lowest BCUT2D eigenvalue weighted by molar-refractivity contribution is 0.612. The summed E-state index contributed by atoms with van der Waals surface area (Å²) in [6.07, 6.45) is 4.19. The van der Waals surface area contributed by atoms with Crippen molar-refractivity contribution < 1.29 is 8.42 Å². The SMILES string of the molecule is O=S(=O)(C=CCCCl)C=CCCCl. The largest absolute Gasteiger partial charge is 0.220 e. The first kappa shape index (κ1) is 13.0. The van der Waals surface area contributed by atoms with Gasteiger partial charge in [-0.15, -0.1) is 23.2 Å². The summed E-state index contributed by atoms with van der Waals surface area (Å²) in [6.45, 7) is 0. The summed E-state index contributed by atoms with van der Waals surface area (Å²) >= 11 is 10.8. The van der Waals surface area contributed by atoms with Crippen molar-refractivity contribution in [3.8, 4) is 0 Å². The molecular formula is C8H12Cl2O2S. The van der Waals surface area contributed by atoms with Crippen LogP contribution in [0.3, 0.4) is 0 Å². The molecule has 13 heavy (non-hydrogen) atoms. The first-order valence-corrected chi connectivity index (χ1v) is 6.50. The van der Waals surface area contributed by atoms with E-state index in [2.05, 4.69) is 0 Å². The third-order valence-corrected chi connectivity index (χ3v) is 2.70. The second kappa shape index (κ2) is 7.42. The maximum Gasteiger partial charge on any atom is 0.192 e. The molecule has 0 aliphatic rings. The number of hydrogen-bond acceptors (Lipinski definition) is 2. The van der Waals surface area contributed by atoms with E-state index in [4.69, 9.17) is 23.2 Å².